The van der Waals surface area contributed by atoms with Crippen LogP contribution in [0.4, 0.5) is 5.69 Å². The molecule has 4 rings (SSSR count). The molecule has 0 radical (unpaired) electrons. The van der Waals surface area contributed by atoms with E-state index in [-0.39, 0.29) is 17.9 Å². The molecule has 7 heteroatoms. The van der Waals surface area contributed by atoms with Crippen LogP contribution in [0.3, 0.4) is 0 Å². The van der Waals surface area contributed by atoms with Crippen LogP contribution >= 0.6 is 11.8 Å². The number of carbonyl (C=O) groups excluding carboxylic acids is 1. The molecule has 1 aliphatic rings. The van der Waals surface area contributed by atoms with Crippen molar-refractivity contribution in [1.29, 1.82) is 5.26 Å². The summed E-state index contributed by atoms with van der Waals surface area (Å²) in [6.07, 6.45) is 3.00. The van der Waals surface area contributed by atoms with E-state index in [0.717, 1.165) is 30.5 Å². The zero-order valence-corrected chi connectivity index (χ0v) is 18.8. The van der Waals surface area contributed by atoms with Crippen molar-refractivity contribution in [1.82, 2.24) is 4.98 Å². The van der Waals surface area contributed by atoms with Crippen LogP contribution in [0.1, 0.15) is 51.5 Å². The fourth-order valence-corrected chi connectivity index (χ4v) is 4.95. The third kappa shape index (κ3) is 5.60. The van der Waals surface area contributed by atoms with Gasteiger partial charge in [0.25, 0.3) is 0 Å². The predicted octanol–water partition coefficient (Wildman–Crippen LogP) is 5.04. The Hall–Kier alpha value is -3.63. The Kier molecular flexibility index (Phi) is 7.06. The summed E-state index contributed by atoms with van der Waals surface area (Å²) in [5, 5.41) is 22.1. The van der Waals surface area contributed by atoms with E-state index >= 15 is 0 Å². The zero-order chi connectivity index (χ0) is 23.2. The second-order valence-electron chi connectivity index (χ2n) is 7.94. The first kappa shape index (κ1) is 22.6. The lowest BCUT2D eigenvalue weighted by atomic mass is 9.82. The first-order valence-corrected chi connectivity index (χ1v) is 11.8. The summed E-state index contributed by atoms with van der Waals surface area (Å²) in [4.78, 5) is 28.1. The number of aromatic nitrogens is 1. The minimum atomic E-state index is -1.04. The van der Waals surface area contributed by atoms with Gasteiger partial charge in [-0.25, -0.2) is 9.78 Å². The molecule has 1 heterocycles. The van der Waals surface area contributed by atoms with Crippen molar-refractivity contribution in [2.45, 2.75) is 36.6 Å². The summed E-state index contributed by atoms with van der Waals surface area (Å²) in [7, 11) is 0. The molecule has 33 heavy (non-hydrogen) atoms. The highest BCUT2D eigenvalue weighted by Crippen LogP contribution is 2.34. The van der Waals surface area contributed by atoms with Crippen molar-refractivity contribution in [3.63, 3.8) is 0 Å². The molecule has 0 saturated heterocycles. The van der Waals surface area contributed by atoms with Crippen LogP contribution in [0.5, 0.6) is 0 Å². The molecular formula is C26H23N3O3S. The molecule has 0 spiro atoms. The van der Waals surface area contributed by atoms with Crippen molar-refractivity contribution in [3.05, 3.63) is 88.6 Å². The van der Waals surface area contributed by atoms with Crippen molar-refractivity contribution in [3.8, 4) is 6.07 Å². The second kappa shape index (κ2) is 10.3. The molecule has 1 atom stereocenters. The van der Waals surface area contributed by atoms with Crippen molar-refractivity contribution in [2.75, 3.05) is 11.1 Å². The Morgan fingerprint density at radius 2 is 1.97 bits per heavy atom. The van der Waals surface area contributed by atoms with Crippen LogP contribution in [0.2, 0.25) is 0 Å². The number of nitrogens with zero attached hydrogens (tertiary/aromatic N) is 2. The number of aryl methyl sites for hydroxylation is 1. The van der Waals surface area contributed by atoms with Gasteiger partial charge in [0.05, 0.1) is 11.1 Å². The number of rotatable bonds is 7. The summed E-state index contributed by atoms with van der Waals surface area (Å²) < 4.78 is 0. The maximum atomic E-state index is 12.3. The number of pyridine rings is 1. The van der Waals surface area contributed by atoms with Gasteiger partial charge in [-0.05, 0) is 60.6 Å². The molecule has 6 nitrogen and oxygen atoms in total. The lowest BCUT2D eigenvalue weighted by Crippen LogP contribution is -2.15. The van der Waals surface area contributed by atoms with E-state index in [9.17, 15) is 14.9 Å². The van der Waals surface area contributed by atoms with Crippen LogP contribution in [0, 0.1) is 11.3 Å². The average molecular weight is 458 g/mol. The number of amides is 1. The number of fused-ring (bicyclic) bond motifs is 1. The highest BCUT2D eigenvalue weighted by Gasteiger charge is 2.23. The fourth-order valence-electron chi connectivity index (χ4n) is 4.04. The van der Waals surface area contributed by atoms with Gasteiger partial charge in [0.15, 0.2) is 0 Å². The lowest BCUT2D eigenvalue weighted by molar-refractivity contribution is -0.115. The summed E-state index contributed by atoms with van der Waals surface area (Å²) >= 11 is 1.40. The zero-order valence-electron chi connectivity index (χ0n) is 18.0. The lowest BCUT2D eigenvalue weighted by Gasteiger charge is -2.25. The summed E-state index contributed by atoms with van der Waals surface area (Å²) in [5.41, 5.74) is 4.60. The van der Waals surface area contributed by atoms with Crippen molar-refractivity contribution in [2.24, 2.45) is 0 Å². The van der Waals surface area contributed by atoms with Crippen LogP contribution < -0.4 is 5.32 Å². The van der Waals surface area contributed by atoms with Crippen LogP contribution in [-0.4, -0.2) is 27.7 Å². The Morgan fingerprint density at radius 3 is 2.73 bits per heavy atom. The van der Waals surface area contributed by atoms with E-state index in [1.165, 1.54) is 29.5 Å². The third-order valence-corrected chi connectivity index (χ3v) is 6.70. The number of thioether (sulfide) groups is 1. The molecule has 1 amide bonds. The van der Waals surface area contributed by atoms with Crippen LogP contribution in [-0.2, 0) is 17.6 Å². The Balaban J connectivity index is 1.37. The van der Waals surface area contributed by atoms with Gasteiger partial charge in [-0.3, -0.25) is 4.79 Å². The van der Waals surface area contributed by atoms with E-state index < -0.39 is 5.97 Å². The monoisotopic (exact) mass is 457 g/mol. The molecular weight excluding hydrogens is 434 g/mol. The van der Waals surface area contributed by atoms with E-state index in [2.05, 4.69) is 35.7 Å². The molecule has 166 valence electrons. The SMILES string of the molecule is N#Cc1cc2c(nc1SCCC(=O)Nc1cccc(C(=O)O)c1)CCC(c1ccccc1)C2. The molecule has 1 aliphatic carbocycles. The van der Waals surface area contributed by atoms with Gasteiger partial charge in [-0.1, -0.05) is 36.4 Å². The molecule has 0 aliphatic heterocycles. The predicted molar refractivity (Wildman–Crippen MR) is 128 cm³/mol. The maximum Gasteiger partial charge on any atom is 0.335 e. The minimum Gasteiger partial charge on any atom is -0.478 e. The van der Waals surface area contributed by atoms with E-state index in [0.29, 0.717) is 27.9 Å². The standard InChI is InChI=1S/C26H23N3O3S/c27-16-21-14-20-13-18(17-5-2-1-3-6-17)9-10-23(20)29-25(21)33-12-11-24(30)28-22-8-4-7-19(15-22)26(31)32/h1-8,14-15,18H,9-13H2,(H,28,30)(H,31,32). The molecule has 2 aromatic carbocycles. The number of aromatic carboxylic acids is 1. The van der Waals surface area contributed by atoms with Gasteiger partial charge in [-0.2, -0.15) is 5.26 Å². The number of nitriles is 1. The number of carboxylic acid groups (broad SMARTS) is 1. The second-order valence-corrected chi connectivity index (χ2v) is 9.03. The van der Waals surface area contributed by atoms with E-state index in [1.807, 2.05) is 12.1 Å². The van der Waals surface area contributed by atoms with Crippen molar-refractivity contribution >= 4 is 29.3 Å². The number of nitrogens with one attached hydrogen (secondary N) is 1. The fraction of sp³-hybridized carbons (Fsp3) is 0.231. The maximum absolute atomic E-state index is 12.3. The molecule has 0 bridgehead atoms. The van der Waals surface area contributed by atoms with Crippen LogP contribution in [0.25, 0.3) is 0 Å². The molecule has 1 aromatic heterocycles. The average Bonchev–Trinajstić information content (AvgIpc) is 2.84. The third-order valence-electron chi connectivity index (χ3n) is 5.70. The Bertz CT molecular complexity index is 1220. The molecule has 2 N–H and O–H groups in total. The molecule has 1 unspecified atom stereocenters. The number of carboxylic acids is 1. The van der Waals surface area contributed by atoms with Crippen molar-refractivity contribution < 1.29 is 14.7 Å². The highest BCUT2D eigenvalue weighted by molar-refractivity contribution is 7.99. The number of benzene rings is 2. The van der Waals surface area contributed by atoms with E-state index in [1.54, 1.807) is 12.1 Å². The van der Waals surface area contributed by atoms with Gasteiger partial charge in [0.2, 0.25) is 5.91 Å². The Morgan fingerprint density at radius 1 is 1.15 bits per heavy atom. The molecule has 0 saturated carbocycles. The largest absolute Gasteiger partial charge is 0.478 e. The van der Waals surface area contributed by atoms with Crippen LogP contribution in [0.15, 0.2) is 65.7 Å². The summed E-state index contributed by atoms with van der Waals surface area (Å²) in [6.45, 7) is 0. The Labute approximate surface area is 196 Å². The van der Waals surface area contributed by atoms with Gasteiger partial charge in [0.1, 0.15) is 11.1 Å². The highest BCUT2D eigenvalue weighted by atomic mass is 32.2. The van der Waals surface area contributed by atoms with Gasteiger partial charge in [-0.15, -0.1) is 11.8 Å². The molecule has 0 fully saturated rings. The summed E-state index contributed by atoms with van der Waals surface area (Å²) in [6, 6.07) is 20.8. The normalized spacial score (nSPS) is 14.7. The van der Waals surface area contributed by atoms with Gasteiger partial charge in [0, 0.05) is 23.6 Å². The molecule has 3 aromatic rings. The quantitative estimate of drug-likeness (QED) is 0.482. The first-order chi connectivity index (χ1) is 16.0. The summed E-state index contributed by atoms with van der Waals surface area (Å²) in [5.74, 6) is -0.349. The number of hydrogen-bond acceptors (Lipinski definition) is 5. The minimum absolute atomic E-state index is 0.119. The number of hydrogen-bond donors (Lipinski definition) is 2. The smallest absolute Gasteiger partial charge is 0.335 e. The topological polar surface area (TPSA) is 103 Å². The van der Waals surface area contributed by atoms with Gasteiger partial charge < -0.3 is 10.4 Å². The van der Waals surface area contributed by atoms with Gasteiger partial charge >= 0.3 is 5.97 Å². The number of carbonyl (C=O) groups is 2. The first-order valence-electron chi connectivity index (χ1n) is 10.8. The van der Waals surface area contributed by atoms with E-state index in [4.69, 9.17) is 10.1 Å². The number of anilines is 1.